The zero-order chi connectivity index (χ0) is 11.0. The summed E-state index contributed by atoms with van der Waals surface area (Å²) in [4.78, 5) is 0. The fourth-order valence-electron chi connectivity index (χ4n) is 2.43. The lowest BCUT2D eigenvalue weighted by atomic mass is 10.0. The molecule has 3 rings (SSSR count). The number of nitrogens with zero attached hydrogens (tertiary/aromatic N) is 3. The molecule has 0 spiro atoms. The molecule has 1 saturated heterocycles. The minimum atomic E-state index is 0.419. The van der Waals surface area contributed by atoms with Gasteiger partial charge in [-0.05, 0) is 25.7 Å². The van der Waals surface area contributed by atoms with Gasteiger partial charge >= 0.3 is 0 Å². The summed E-state index contributed by atoms with van der Waals surface area (Å²) >= 11 is 0. The SMILES string of the molecule is NCc1nnc(C2CCCOC2)n1C1CC1. The molecule has 0 amide bonds. The van der Waals surface area contributed by atoms with Crippen molar-refractivity contribution in [2.24, 2.45) is 5.73 Å². The first-order valence-corrected chi connectivity index (χ1v) is 6.11. The third kappa shape index (κ3) is 1.74. The number of hydrogen-bond acceptors (Lipinski definition) is 4. The van der Waals surface area contributed by atoms with Crippen LogP contribution in [0.15, 0.2) is 0 Å². The second-order valence-corrected chi connectivity index (χ2v) is 4.69. The van der Waals surface area contributed by atoms with Crippen LogP contribution in [-0.4, -0.2) is 28.0 Å². The van der Waals surface area contributed by atoms with Gasteiger partial charge in [0.15, 0.2) is 0 Å². The molecule has 5 heteroatoms. The third-order valence-corrected chi connectivity index (χ3v) is 3.41. The monoisotopic (exact) mass is 222 g/mol. The van der Waals surface area contributed by atoms with Crippen molar-refractivity contribution >= 4 is 0 Å². The summed E-state index contributed by atoms with van der Waals surface area (Å²) in [6.45, 7) is 2.16. The molecule has 2 aliphatic rings. The van der Waals surface area contributed by atoms with Gasteiger partial charge in [0.2, 0.25) is 0 Å². The molecule has 1 aliphatic carbocycles. The molecule has 1 aromatic rings. The Morgan fingerprint density at radius 2 is 2.19 bits per heavy atom. The fraction of sp³-hybridized carbons (Fsp3) is 0.818. The molecular formula is C11H18N4O. The summed E-state index contributed by atoms with van der Waals surface area (Å²) in [5.74, 6) is 2.45. The highest BCUT2D eigenvalue weighted by molar-refractivity contribution is 5.08. The predicted octanol–water partition coefficient (Wildman–Crippen LogP) is 0.966. The summed E-state index contributed by atoms with van der Waals surface area (Å²) in [6, 6.07) is 0.602. The lowest BCUT2D eigenvalue weighted by Crippen LogP contribution is -2.20. The van der Waals surface area contributed by atoms with Crippen molar-refractivity contribution in [3.05, 3.63) is 11.6 Å². The van der Waals surface area contributed by atoms with Crippen LogP contribution >= 0.6 is 0 Å². The first-order valence-electron chi connectivity index (χ1n) is 6.11. The van der Waals surface area contributed by atoms with Gasteiger partial charge in [0.25, 0.3) is 0 Å². The van der Waals surface area contributed by atoms with Gasteiger partial charge in [-0.1, -0.05) is 0 Å². The highest BCUT2D eigenvalue weighted by Crippen LogP contribution is 2.39. The summed E-state index contributed by atoms with van der Waals surface area (Å²) in [5, 5.41) is 8.53. The van der Waals surface area contributed by atoms with Gasteiger partial charge in [-0.15, -0.1) is 10.2 Å². The van der Waals surface area contributed by atoms with Gasteiger partial charge in [-0.3, -0.25) is 0 Å². The first-order chi connectivity index (χ1) is 7.90. The van der Waals surface area contributed by atoms with Gasteiger partial charge in [0.1, 0.15) is 11.6 Å². The van der Waals surface area contributed by atoms with Crippen LogP contribution in [0, 0.1) is 0 Å². The van der Waals surface area contributed by atoms with Crippen molar-refractivity contribution < 1.29 is 4.74 Å². The molecule has 2 heterocycles. The van der Waals surface area contributed by atoms with Gasteiger partial charge in [0.05, 0.1) is 13.2 Å². The molecular weight excluding hydrogens is 204 g/mol. The van der Waals surface area contributed by atoms with Gasteiger partial charge < -0.3 is 15.0 Å². The molecule has 0 bridgehead atoms. The Balaban J connectivity index is 1.89. The van der Waals surface area contributed by atoms with E-state index in [9.17, 15) is 0 Å². The van der Waals surface area contributed by atoms with Crippen LogP contribution in [0.3, 0.4) is 0 Å². The van der Waals surface area contributed by atoms with Crippen LogP contribution in [0.1, 0.15) is 49.3 Å². The Labute approximate surface area is 95.0 Å². The lowest BCUT2D eigenvalue weighted by molar-refractivity contribution is 0.0768. The molecule has 1 saturated carbocycles. The van der Waals surface area contributed by atoms with E-state index in [2.05, 4.69) is 14.8 Å². The maximum absolute atomic E-state index is 5.70. The average molecular weight is 222 g/mol. The van der Waals surface area contributed by atoms with Gasteiger partial charge in [0, 0.05) is 18.6 Å². The summed E-state index contributed by atoms with van der Waals surface area (Å²) in [6.07, 6.45) is 4.77. The summed E-state index contributed by atoms with van der Waals surface area (Å²) in [5.41, 5.74) is 5.70. The van der Waals surface area contributed by atoms with E-state index in [1.54, 1.807) is 0 Å². The molecule has 0 radical (unpaired) electrons. The zero-order valence-electron chi connectivity index (χ0n) is 9.43. The predicted molar refractivity (Wildman–Crippen MR) is 59.0 cm³/mol. The zero-order valence-corrected chi connectivity index (χ0v) is 9.43. The Bertz CT molecular complexity index is 366. The quantitative estimate of drug-likeness (QED) is 0.827. The Morgan fingerprint density at radius 1 is 1.31 bits per heavy atom. The van der Waals surface area contributed by atoms with Gasteiger partial charge in [-0.25, -0.2) is 0 Å². The minimum absolute atomic E-state index is 0.419. The second-order valence-electron chi connectivity index (χ2n) is 4.69. The lowest BCUT2D eigenvalue weighted by Gasteiger charge is -2.22. The van der Waals surface area contributed by atoms with Crippen LogP contribution in [-0.2, 0) is 11.3 Å². The van der Waals surface area contributed by atoms with E-state index in [4.69, 9.17) is 10.5 Å². The molecule has 1 atom stereocenters. The Hall–Kier alpha value is -0.940. The molecule has 1 aliphatic heterocycles. The van der Waals surface area contributed by atoms with Crippen LogP contribution in [0.4, 0.5) is 0 Å². The molecule has 16 heavy (non-hydrogen) atoms. The topological polar surface area (TPSA) is 66.0 Å². The maximum Gasteiger partial charge on any atom is 0.147 e. The van der Waals surface area contributed by atoms with Crippen molar-refractivity contribution in [1.29, 1.82) is 0 Å². The van der Waals surface area contributed by atoms with Crippen LogP contribution in [0.2, 0.25) is 0 Å². The standard InChI is InChI=1S/C11H18N4O/c12-6-10-13-14-11(15(10)9-3-4-9)8-2-1-5-16-7-8/h8-9H,1-7,12H2. The normalized spacial score (nSPS) is 25.9. The number of rotatable bonds is 3. The third-order valence-electron chi connectivity index (χ3n) is 3.41. The second kappa shape index (κ2) is 4.14. The molecule has 0 aromatic carbocycles. The molecule has 1 unspecified atom stereocenters. The maximum atomic E-state index is 5.70. The highest BCUT2D eigenvalue weighted by Gasteiger charge is 2.32. The average Bonchev–Trinajstić information content (AvgIpc) is 3.09. The van der Waals surface area contributed by atoms with Gasteiger partial charge in [-0.2, -0.15) is 0 Å². The number of nitrogens with two attached hydrogens (primary N) is 1. The van der Waals surface area contributed by atoms with Crippen molar-refractivity contribution in [2.75, 3.05) is 13.2 Å². The summed E-state index contributed by atoms with van der Waals surface area (Å²) < 4.78 is 7.79. The van der Waals surface area contributed by atoms with Crippen LogP contribution in [0.25, 0.3) is 0 Å². The highest BCUT2D eigenvalue weighted by atomic mass is 16.5. The van der Waals surface area contributed by atoms with Crippen molar-refractivity contribution in [1.82, 2.24) is 14.8 Å². The molecule has 2 fully saturated rings. The van der Waals surface area contributed by atoms with Crippen LogP contribution in [0.5, 0.6) is 0 Å². The van der Waals surface area contributed by atoms with E-state index in [1.165, 1.54) is 12.8 Å². The Morgan fingerprint density at radius 3 is 2.81 bits per heavy atom. The van der Waals surface area contributed by atoms with Crippen molar-refractivity contribution in [3.8, 4) is 0 Å². The van der Waals surface area contributed by atoms with Crippen LogP contribution < -0.4 is 5.73 Å². The molecule has 88 valence electrons. The minimum Gasteiger partial charge on any atom is -0.381 e. The molecule has 1 aromatic heterocycles. The van der Waals surface area contributed by atoms with Crippen molar-refractivity contribution in [3.63, 3.8) is 0 Å². The molecule has 5 nitrogen and oxygen atoms in total. The van der Waals surface area contributed by atoms with E-state index < -0.39 is 0 Å². The largest absolute Gasteiger partial charge is 0.381 e. The van der Waals surface area contributed by atoms with E-state index >= 15 is 0 Å². The molecule has 2 N–H and O–H groups in total. The fourth-order valence-corrected chi connectivity index (χ4v) is 2.43. The number of aromatic nitrogens is 3. The number of ether oxygens (including phenoxy) is 1. The van der Waals surface area contributed by atoms with E-state index in [0.717, 1.165) is 37.7 Å². The van der Waals surface area contributed by atoms with E-state index in [-0.39, 0.29) is 0 Å². The van der Waals surface area contributed by atoms with E-state index in [1.807, 2.05) is 0 Å². The summed E-state index contributed by atoms with van der Waals surface area (Å²) in [7, 11) is 0. The smallest absolute Gasteiger partial charge is 0.147 e. The number of hydrogen-bond donors (Lipinski definition) is 1. The van der Waals surface area contributed by atoms with E-state index in [0.29, 0.717) is 18.5 Å². The Kier molecular flexibility index (Phi) is 2.65. The first kappa shape index (κ1) is 10.2. The van der Waals surface area contributed by atoms with Crippen molar-refractivity contribution in [2.45, 2.75) is 44.2 Å².